The van der Waals surface area contributed by atoms with Crippen LogP contribution >= 0.6 is 0 Å². The third kappa shape index (κ3) is 2.73. The average Bonchev–Trinajstić information content (AvgIpc) is 2.28. The van der Waals surface area contributed by atoms with Crippen molar-refractivity contribution in [2.75, 3.05) is 0 Å². The van der Waals surface area contributed by atoms with Crippen molar-refractivity contribution in [1.29, 1.82) is 0 Å². The fourth-order valence-corrected chi connectivity index (χ4v) is 2.12. The van der Waals surface area contributed by atoms with Gasteiger partial charge in [0, 0.05) is 12.0 Å². The summed E-state index contributed by atoms with van der Waals surface area (Å²) in [4.78, 5) is 23.7. The summed E-state index contributed by atoms with van der Waals surface area (Å²) in [6.07, 6.45) is 1.13. The molecule has 1 aromatic rings. The van der Waals surface area contributed by atoms with Crippen LogP contribution in [0.15, 0.2) is 24.3 Å². The molecule has 0 N–H and O–H groups in total. The van der Waals surface area contributed by atoms with Gasteiger partial charge in [-0.15, -0.1) is 0 Å². The second-order valence-corrected chi connectivity index (χ2v) is 4.99. The zero-order chi connectivity index (χ0) is 12.5. The molecule has 1 aromatic carbocycles. The maximum absolute atomic E-state index is 12.1. The van der Waals surface area contributed by atoms with Crippen molar-refractivity contribution in [3.63, 3.8) is 0 Å². The number of fused-ring (bicyclic) bond motifs is 1. The van der Waals surface area contributed by atoms with E-state index in [9.17, 15) is 9.59 Å². The summed E-state index contributed by atoms with van der Waals surface area (Å²) < 4.78 is 5.30. The number of carbonyl (C=O) groups is 2. The van der Waals surface area contributed by atoms with Gasteiger partial charge in [-0.1, -0.05) is 24.3 Å². The first-order chi connectivity index (χ1) is 7.98. The summed E-state index contributed by atoms with van der Waals surface area (Å²) in [7, 11) is 0. The standard InChI is InChI=1S/C14H16O3/c1-14(2)9-12(15)11-6-4-3-5-10(11)7-8-13(16)17-14/h3-6H,7-9H2,1-2H3. The molecule has 17 heavy (non-hydrogen) atoms. The number of hydrogen-bond acceptors (Lipinski definition) is 3. The van der Waals surface area contributed by atoms with E-state index in [2.05, 4.69) is 0 Å². The average molecular weight is 232 g/mol. The van der Waals surface area contributed by atoms with Crippen LogP contribution in [0, 0.1) is 0 Å². The molecule has 0 unspecified atom stereocenters. The number of ether oxygens (including phenoxy) is 1. The fourth-order valence-electron chi connectivity index (χ4n) is 2.12. The number of aryl methyl sites for hydroxylation is 1. The SMILES string of the molecule is CC1(C)CC(=O)c2ccccc2CCC(=O)O1. The predicted octanol–water partition coefficient (Wildman–Crippen LogP) is 2.53. The highest BCUT2D eigenvalue weighted by Crippen LogP contribution is 2.24. The highest BCUT2D eigenvalue weighted by Gasteiger charge is 2.29. The van der Waals surface area contributed by atoms with Crippen LogP contribution in [0.3, 0.4) is 0 Å². The number of cyclic esters (lactones) is 1. The molecular weight excluding hydrogens is 216 g/mol. The molecule has 1 heterocycles. The van der Waals surface area contributed by atoms with Crippen LogP contribution in [0.5, 0.6) is 0 Å². The zero-order valence-electron chi connectivity index (χ0n) is 10.2. The van der Waals surface area contributed by atoms with Gasteiger partial charge < -0.3 is 4.74 Å². The minimum absolute atomic E-state index is 0.0419. The molecule has 1 aliphatic heterocycles. The second kappa shape index (κ2) is 4.32. The Hall–Kier alpha value is -1.64. The molecule has 1 aliphatic rings. The molecule has 0 bridgehead atoms. The van der Waals surface area contributed by atoms with E-state index >= 15 is 0 Å². The third-order valence-electron chi connectivity index (χ3n) is 2.89. The molecule has 0 saturated heterocycles. The molecule has 90 valence electrons. The second-order valence-electron chi connectivity index (χ2n) is 4.99. The molecular formula is C14H16O3. The smallest absolute Gasteiger partial charge is 0.306 e. The van der Waals surface area contributed by atoms with Gasteiger partial charge >= 0.3 is 5.97 Å². The lowest BCUT2D eigenvalue weighted by Gasteiger charge is -2.23. The van der Waals surface area contributed by atoms with Gasteiger partial charge in [0.05, 0.1) is 6.42 Å². The van der Waals surface area contributed by atoms with Crippen LogP contribution in [0.1, 0.15) is 42.6 Å². The molecule has 0 spiro atoms. The van der Waals surface area contributed by atoms with E-state index in [1.54, 1.807) is 13.8 Å². The zero-order valence-corrected chi connectivity index (χ0v) is 10.2. The summed E-state index contributed by atoms with van der Waals surface area (Å²) >= 11 is 0. The third-order valence-corrected chi connectivity index (χ3v) is 2.89. The summed E-state index contributed by atoms with van der Waals surface area (Å²) in [5.74, 6) is -0.195. The number of benzene rings is 1. The molecule has 3 heteroatoms. The van der Waals surface area contributed by atoms with Crippen molar-refractivity contribution in [3.8, 4) is 0 Å². The van der Waals surface area contributed by atoms with Gasteiger partial charge in [-0.05, 0) is 25.8 Å². The van der Waals surface area contributed by atoms with E-state index in [0.717, 1.165) is 11.1 Å². The number of ketones is 1. The molecule has 0 aromatic heterocycles. The Kier molecular flexibility index (Phi) is 3.01. The number of esters is 1. The lowest BCUT2D eigenvalue weighted by Crippen LogP contribution is -2.30. The van der Waals surface area contributed by atoms with Crippen LogP contribution in [-0.2, 0) is 16.0 Å². The van der Waals surface area contributed by atoms with Crippen molar-refractivity contribution < 1.29 is 14.3 Å². The summed E-state index contributed by atoms with van der Waals surface area (Å²) in [5.41, 5.74) is 0.942. The minimum Gasteiger partial charge on any atom is -0.459 e. The summed E-state index contributed by atoms with van der Waals surface area (Å²) in [6.45, 7) is 3.55. The van der Waals surface area contributed by atoms with E-state index in [1.165, 1.54) is 0 Å². The fraction of sp³-hybridized carbons (Fsp3) is 0.429. The lowest BCUT2D eigenvalue weighted by molar-refractivity contribution is -0.155. The first kappa shape index (κ1) is 11.8. The van der Waals surface area contributed by atoms with E-state index < -0.39 is 5.60 Å². The van der Waals surface area contributed by atoms with E-state index in [-0.39, 0.29) is 18.2 Å². The maximum Gasteiger partial charge on any atom is 0.306 e. The number of carbonyl (C=O) groups excluding carboxylic acids is 2. The van der Waals surface area contributed by atoms with Gasteiger partial charge in [-0.2, -0.15) is 0 Å². The predicted molar refractivity (Wildman–Crippen MR) is 63.9 cm³/mol. The van der Waals surface area contributed by atoms with Crippen LogP contribution in [0.2, 0.25) is 0 Å². The first-order valence-electron chi connectivity index (χ1n) is 5.81. The van der Waals surface area contributed by atoms with E-state index in [0.29, 0.717) is 12.8 Å². The number of rotatable bonds is 0. The van der Waals surface area contributed by atoms with Gasteiger partial charge in [0.15, 0.2) is 5.78 Å². The van der Waals surface area contributed by atoms with Gasteiger partial charge in [-0.25, -0.2) is 0 Å². The summed E-state index contributed by atoms with van der Waals surface area (Å²) in [5, 5.41) is 0. The highest BCUT2D eigenvalue weighted by molar-refractivity contribution is 5.98. The van der Waals surface area contributed by atoms with Crippen LogP contribution in [0.25, 0.3) is 0 Å². The highest BCUT2D eigenvalue weighted by atomic mass is 16.6. The topological polar surface area (TPSA) is 43.4 Å². The Balaban J connectivity index is 2.39. The van der Waals surface area contributed by atoms with Gasteiger partial charge in [-0.3, -0.25) is 9.59 Å². The Labute approximate surface area is 101 Å². The summed E-state index contributed by atoms with van der Waals surface area (Å²) in [6, 6.07) is 7.47. The van der Waals surface area contributed by atoms with Crippen molar-refractivity contribution >= 4 is 11.8 Å². The normalized spacial score (nSPS) is 19.6. The van der Waals surface area contributed by atoms with Gasteiger partial charge in [0.1, 0.15) is 5.60 Å². The molecule has 0 radical (unpaired) electrons. The molecule has 3 nitrogen and oxygen atoms in total. The minimum atomic E-state index is -0.717. The molecule has 0 aliphatic carbocycles. The first-order valence-corrected chi connectivity index (χ1v) is 5.81. The van der Waals surface area contributed by atoms with Crippen molar-refractivity contribution in [2.24, 2.45) is 0 Å². The molecule has 0 saturated carbocycles. The van der Waals surface area contributed by atoms with Crippen molar-refractivity contribution in [2.45, 2.75) is 38.7 Å². The lowest BCUT2D eigenvalue weighted by atomic mass is 9.94. The van der Waals surface area contributed by atoms with Gasteiger partial charge in [0.25, 0.3) is 0 Å². The maximum atomic E-state index is 12.1. The van der Waals surface area contributed by atoms with Gasteiger partial charge in [0.2, 0.25) is 0 Å². The van der Waals surface area contributed by atoms with E-state index in [1.807, 2.05) is 24.3 Å². The molecule has 0 atom stereocenters. The number of Topliss-reactive ketones (excluding diaryl/α,β-unsaturated/α-hetero) is 1. The van der Waals surface area contributed by atoms with E-state index in [4.69, 9.17) is 4.74 Å². The molecule has 0 amide bonds. The van der Waals surface area contributed by atoms with Crippen LogP contribution in [-0.4, -0.2) is 17.4 Å². The Morgan fingerprint density at radius 2 is 1.82 bits per heavy atom. The largest absolute Gasteiger partial charge is 0.459 e. The quantitative estimate of drug-likeness (QED) is 0.645. The van der Waals surface area contributed by atoms with Crippen LogP contribution in [0.4, 0.5) is 0 Å². The Bertz CT molecular complexity index is 460. The molecule has 0 fully saturated rings. The molecule has 2 rings (SSSR count). The van der Waals surface area contributed by atoms with Crippen molar-refractivity contribution in [1.82, 2.24) is 0 Å². The van der Waals surface area contributed by atoms with Crippen molar-refractivity contribution in [3.05, 3.63) is 35.4 Å². The monoisotopic (exact) mass is 232 g/mol. The Morgan fingerprint density at radius 3 is 2.59 bits per heavy atom. The Morgan fingerprint density at radius 1 is 1.12 bits per heavy atom. The van der Waals surface area contributed by atoms with Crippen LogP contribution < -0.4 is 0 Å². The number of hydrogen-bond donors (Lipinski definition) is 0.